The topological polar surface area (TPSA) is 38.3 Å². The lowest BCUT2D eigenvalue weighted by Gasteiger charge is -2.08. The third-order valence-corrected chi connectivity index (χ3v) is 3.29. The molecule has 3 nitrogen and oxygen atoms in total. The average molecular weight is 356 g/mol. The smallest absolute Gasteiger partial charge is 0.255 e. The summed E-state index contributed by atoms with van der Waals surface area (Å²) in [5, 5.41) is 2.33. The first-order chi connectivity index (χ1) is 10.0. The highest BCUT2D eigenvalue weighted by molar-refractivity contribution is 9.10. The second-order valence-corrected chi connectivity index (χ2v) is 5.01. The van der Waals surface area contributed by atoms with Gasteiger partial charge in [-0.25, -0.2) is 8.78 Å². The molecule has 2 aromatic rings. The molecule has 110 valence electrons. The normalized spacial score (nSPS) is 10.3. The van der Waals surface area contributed by atoms with Crippen LogP contribution in [0.2, 0.25) is 0 Å². The van der Waals surface area contributed by atoms with Crippen molar-refractivity contribution in [3.05, 3.63) is 58.1 Å². The molecule has 0 spiro atoms. The number of hydrogen-bond donors (Lipinski definition) is 1. The van der Waals surface area contributed by atoms with E-state index in [1.165, 1.54) is 0 Å². The summed E-state index contributed by atoms with van der Waals surface area (Å²) in [7, 11) is 0. The van der Waals surface area contributed by atoms with E-state index in [4.69, 9.17) is 4.74 Å². The Balaban J connectivity index is 2.16. The van der Waals surface area contributed by atoms with E-state index in [1.807, 2.05) is 6.92 Å². The minimum absolute atomic E-state index is 0.000865. The van der Waals surface area contributed by atoms with Crippen LogP contribution in [0.25, 0.3) is 0 Å². The second-order valence-electron chi connectivity index (χ2n) is 4.16. The Kier molecular flexibility index (Phi) is 4.90. The monoisotopic (exact) mass is 355 g/mol. The predicted octanol–water partition coefficient (Wildman–Crippen LogP) is 4.38. The maximum Gasteiger partial charge on any atom is 0.255 e. The molecule has 1 N–H and O–H groups in total. The minimum atomic E-state index is -0.720. The second kappa shape index (κ2) is 6.67. The van der Waals surface area contributed by atoms with Crippen LogP contribution in [0.1, 0.15) is 17.3 Å². The van der Waals surface area contributed by atoms with E-state index in [-0.39, 0.29) is 10.2 Å². The van der Waals surface area contributed by atoms with Gasteiger partial charge in [0.1, 0.15) is 17.4 Å². The van der Waals surface area contributed by atoms with Crippen LogP contribution in [0.4, 0.5) is 14.5 Å². The highest BCUT2D eigenvalue weighted by Crippen LogP contribution is 2.24. The molecule has 0 aromatic heterocycles. The fourth-order valence-corrected chi connectivity index (χ4v) is 2.00. The Morgan fingerprint density at radius 1 is 1.19 bits per heavy atom. The number of nitrogens with one attached hydrogen (secondary N) is 1. The van der Waals surface area contributed by atoms with Gasteiger partial charge < -0.3 is 10.1 Å². The highest BCUT2D eigenvalue weighted by atomic mass is 79.9. The fourth-order valence-electron chi connectivity index (χ4n) is 1.68. The molecule has 0 aliphatic rings. The van der Waals surface area contributed by atoms with Crippen LogP contribution < -0.4 is 10.1 Å². The highest BCUT2D eigenvalue weighted by Gasteiger charge is 2.12. The lowest BCUT2D eigenvalue weighted by Crippen LogP contribution is -2.13. The Bertz CT molecular complexity index is 659. The largest absolute Gasteiger partial charge is 0.494 e. The van der Waals surface area contributed by atoms with Gasteiger partial charge >= 0.3 is 0 Å². The van der Waals surface area contributed by atoms with E-state index in [1.54, 1.807) is 24.3 Å². The summed E-state index contributed by atoms with van der Waals surface area (Å²) in [4.78, 5) is 12.0. The number of rotatable bonds is 4. The van der Waals surface area contributed by atoms with Crippen molar-refractivity contribution in [3.63, 3.8) is 0 Å². The first kappa shape index (κ1) is 15.4. The van der Waals surface area contributed by atoms with Crippen molar-refractivity contribution < 1.29 is 18.3 Å². The van der Waals surface area contributed by atoms with Gasteiger partial charge in [0.2, 0.25) is 0 Å². The number of carbonyl (C=O) groups is 1. The third kappa shape index (κ3) is 3.78. The number of anilines is 1. The first-order valence-electron chi connectivity index (χ1n) is 6.20. The molecule has 2 rings (SSSR count). The number of carbonyl (C=O) groups excluding carboxylic acids is 1. The number of hydrogen-bond acceptors (Lipinski definition) is 2. The SMILES string of the molecule is CCOc1ccc(C(=O)Nc2cc(F)c(Br)cc2F)cc1. The van der Waals surface area contributed by atoms with Crippen LogP contribution >= 0.6 is 15.9 Å². The Morgan fingerprint density at radius 2 is 1.86 bits per heavy atom. The summed E-state index contributed by atoms with van der Waals surface area (Å²) in [6, 6.07) is 8.25. The van der Waals surface area contributed by atoms with Crippen molar-refractivity contribution >= 4 is 27.5 Å². The van der Waals surface area contributed by atoms with E-state index in [9.17, 15) is 13.6 Å². The number of ether oxygens (including phenoxy) is 1. The Morgan fingerprint density at radius 3 is 2.48 bits per heavy atom. The summed E-state index contributed by atoms with van der Waals surface area (Å²) in [5.74, 6) is -1.27. The summed E-state index contributed by atoms with van der Waals surface area (Å²) in [6.45, 7) is 2.38. The number of benzene rings is 2. The van der Waals surface area contributed by atoms with Crippen LogP contribution in [0, 0.1) is 11.6 Å². The van der Waals surface area contributed by atoms with Gasteiger partial charge in [-0.15, -0.1) is 0 Å². The molecule has 2 aromatic carbocycles. The maximum absolute atomic E-state index is 13.6. The molecule has 0 saturated heterocycles. The zero-order valence-electron chi connectivity index (χ0n) is 11.1. The molecule has 0 heterocycles. The van der Waals surface area contributed by atoms with Crippen molar-refractivity contribution in [2.45, 2.75) is 6.92 Å². The van der Waals surface area contributed by atoms with Crippen LogP contribution in [0.5, 0.6) is 5.75 Å². The molecule has 21 heavy (non-hydrogen) atoms. The zero-order chi connectivity index (χ0) is 15.4. The molecule has 0 fully saturated rings. The van der Waals surface area contributed by atoms with E-state index < -0.39 is 17.5 Å². The van der Waals surface area contributed by atoms with E-state index >= 15 is 0 Å². The quantitative estimate of drug-likeness (QED) is 0.826. The van der Waals surface area contributed by atoms with Crippen LogP contribution in [0.15, 0.2) is 40.9 Å². The molecule has 0 radical (unpaired) electrons. The van der Waals surface area contributed by atoms with Crippen molar-refractivity contribution in [2.24, 2.45) is 0 Å². The fraction of sp³-hybridized carbons (Fsp3) is 0.133. The lowest BCUT2D eigenvalue weighted by atomic mass is 10.2. The third-order valence-electron chi connectivity index (χ3n) is 2.69. The molecule has 6 heteroatoms. The van der Waals surface area contributed by atoms with E-state index in [0.29, 0.717) is 17.9 Å². The van der Waals surface area contributed by atoms with Gasteiger partial charge in [-0.3, -0.25) is 4.79 Å². The molecule has 0 aliphatic carbocycles. The van der Waals surface area contributed by atoms with Gasteiger partial charge in [0.05, 0.1) is 16.8 Å². The molecular weight excluding hydrogens is 344 g/mol. The van der Waals surface area contributed by atoms with E-state index in [0.717, 1.165) is 12.1 Å². The van der Waals surface area contributed by atoms with Crippen LogP contribution in [-0.4, -0.2) is 12.5 Å². The first-order valence-corrected chi connectivity index (χ1v) is 6.99. The Hall–Kier alpha value is -1.95. The van der Waals surface area contributed by atoms with Crippen LogP contribution in [-0.2, 0) is 0 Å². The molecule has 0 aliphatic heterocycles. The van der Waals surface area contributed by atoms with Crippen molar-refractivity contribution in [2.75, 3.05) is 11.9 Å². The van der Waals surface area contributed by atoms with Crippen LogP contribution in [0.3, 0.4) is 0 Å². The minimum Gasteiger partial charge on any atom is -0.494 e. The molecular formula is C15H12BrF2NO2. The van der Waals surface area contributed by atoms with E-state index in [2.05, 4.69) is 21.2 Å². The number of amides is 1. The van der Waals surface area contributed by atoms with Crippen molar-refractivity contribution in [1.29, 1.82) is 0 Å². The molecule has 1 amide bonds. The van der Waals surface area contributed by atoms with Crippen molar-refractivity contribution in [1.82, 2.24) is 0 Å². The van der Waals surface area contributed by atoms with Crippen molar-refractivity contribution in [3.8, 4) is 5.75 Å². The van der Waals surface area contributed by atoms with Gasteiger partial charge in [-0.1, -0.05) is 0 Å². The van der Waals surface area contributed by atoms with Gasteiger partial charge in [-0.2, -0.15) is 0 Å². The Labute approximate surface area is 129 Å². The lowest BCUT2D eigenvalue weighted by molar-refractivity contribution is 0.102. The maximum atomic E-state index is 13.6. The molecule has 0 saturated carbocycles. The summed E-state index contributed by atoms with van der Waals surface area (Å²) in [5.41, 5.74) is 0.107. The van der Waals surface area contributed by atoms with Gasteiger partial charge in [0.15, 0.2) is 0 Å². The molecule has 0 unspecified atom stereocenters. The standard InChI is InChI=1S/C15H12BrF2NO2/c1-2-21-10-5-3-9(4-6-10)15(20)19-14-8-12(17)11(16)7-13(14)18/h3-8H,2H2,1H3,(H,19,20). The summed E-state index contributed by atoms with van der Waals surface area (Å²) < 4.78 is 32.3. The number of halogens is 3. The molecule has 0 bridgehead atoms. The van der Waals surface area contributed by atoms with Gasteiger partial charge in [-0.05, 0) is 53.2 Å². The zero-order valence-corrected chi connectivity index (χ0v) is 12.7. The summed E-state index contributed by atoms with van der Waals surface area (Å²) in [6.07, 6.45) is 0. The van der Waals surface area contributed by atoms with Gasteiger partial charge in [0, 0.05) is 11.6 Å². The van der Waals surface area contributed by atoms with Gasteiger partial charge in [0.25, 0.3) is 5.91 Å². The average Bonchev–Trinajstić information content (AvgIpc) is 2.46. The molecule has 0 atom stereocenters. The summed E-state index contributed by atoms with van der Waals surface area (Å²) >= 11 is 2.87. The predicted molar refractivity (Wildman–Crippen MR) is 79.6 cm³/mol.